The van der Waals surface area contributed by atoms with E-state index in [2.05, 4.69) is 10.4 Å². The van der Waals surface area contributed by atoms with Crippen molar-refractivity contribution in [2.24, 2.45) is 0 Å². The van der Waals surface area contributed by atoms with Gasteiger partial charge < -0.3 is 5.32 Å². The van der Waals surface area contributed by atoms with Crippen molar-refractivity contribution >= 4 is 23.2 Å². The van der Waals surface area contributed by atoms with E-state index in [-0.39, 0.29) is 5.69 Å². The van der Waals surface area contributed by atoms with Gasteiger partial charge in [0.1, 0.15) is 0 Å². The number of benzene rings is 2. The quantitative estimate of drug-likeness (QED) is 0.583. The van der Waals surface area contributed by atoms with E-state index in [0.29, 0.717) is 21.3 Å². The maximum atomic E-state index is 13.7. The minimum absolute atomic E-state index is 0.150. The summed E-state index contributed by atoms with van der Waals surface area (Å²) in [6.45, 7) is 4.04. The molecule has 4 nitrogen and oxygen atoms in total. The van der Waals surface area contributed by atoms with Crippen LogP contribution in [0, 0.1) is 0 Å². The van der Waals surface area contributed by atoms with Gasteiger partial charge in [-0.3, -0.25) is 4.79 Å². The molecule has 0 aliphatic heterocycles. The average molecular weight is 408 g/mol. The molecule has 8 heteroatoms. The number of aromatic nitrogens is 2. The third-order valence-electron chi connectivity index (χ3n) is 4.19. The summed E-state index contributed by atoms with van der Waals surface area (Å²) in [5.41, 5.74) is -0.0927. The molecule has 1 amide bonds. The maximum absolute atomic E-state index is 13.7. The molecular weight excluding hydrogens is 391 g/mol. The van der Waals surface area contributed by atoms with E-state index in [1.165, 1.54) is 24.3 Å². The Hall–Kier alpha value is -2.80. The lowest BCUT2D eigenvalue weighted by atomic mass is 10.0. The summed E-state index contributed by atoms with van der Waals surface area (Å²) < 4.78 is 41.7. The Labute approximate surface area is 164 Å². The highest BCUT2D eigenvalue weighted by molar-refractivity contribution is 6.30. The Bertz CT molecular complexity index is 977. The van der Waals surface area contributed by atoms with Crippen molar-refractivity contribution < 1.29 is 18.0 Å². The van der Waals surface area contributed by atoms with Gasteiger partial charge in [-0.05, 0) is 47.9 Å². The van der Waals surface area contributed by atoms with Crippen LogP contribution in [0.4, 0.5) is 18.9 Å². The van der Waals surface area contributed by atoms with E-state index < -0.39 is 23.3 Å². The number of amides is 1. The molecule has 0 saturated carbocycles. The predicted octanol–water partition coefficient (Wildman–Crippen LogP) is 5.92. The molecule has 3 rings (SSSR count). The fourth-order valence-corrected chi connectivity index (χ4v) is 2.84. The second-order valence-electron chi connectivity index (χ2n) is 6.52. The van der Waals surface area contributed by atoms with Crippen LogP contribution in [-0.2, 0) is 6.18 Å². The summed E-state index contributed by atoms with van der Waals surface area (Å²) in [6.07, 6.45) is -3.86. The smallest absolute Gasteiger partial charge is 0.322 e. The summed E-state index contributed by atoms with van der Waals surface area (Å²) >= 11 is 5.79. The molecule has 2 aromatic carbocycles. The van der Waals surface area contributed by atoms with Crippen LogP contribution in [0.5, 0.6) is 0 Å². The number of rotatable bonds is 4. The first-order chi connectivity index (χ1) is 13.2. The van der Waals surface area contributed by atoms with Crippen molar-refractivity contribution in [3.05, 3.63) is 76.6 Å². The minimum Gasteiger partial charge on any atom is -0.322 e. The summed E-state index contributed by atoms with van der Waals surface area (Å²) in [5, 5.41) is 6.65. The van der Waals surface area contributed by atoms with Gasteiger partial charge in [0.05, 0.1) is 17.4 Å². The summed E-state index contributed by atoms with van der Waals surface area (Å²) in [4.78, 5) is 12.5. The number of hydrogen-bond acceptors (Lipinski definition) is 2. The molecule has 1 N–H and O–H groups in total. The van der Waals surface area contributed by atoms with Crippen LogP contribution < -0.4 is 5.32 Å². The number of carbonyl (C=O) groups is 1. The van der Waals surface area contributed by atoms with E-state index >= 15 is 0 Å². The zero-order valence-corrected chi connectivity index (χ0v) is 15.8. The first-order valence-corrected chi connectivity index (χ1v) is 8.87. The number of carbonyl (C=O) groups excluding carboxylic acids is 1. The number of nitrogens with one attached hydrogen (secondary N) is 1. The Morgan fingerprint density at radius 3 is 2.21 bits per heavy atom. The van der Waals surface area contributed by atoms with Gasteiger partial charge in [-0.15, -0.1) is 0 Å². The molecule has 0 atom stereocenters. The van der Waals surface area contributed by atoms with Crippen molar-refractivity contribution in [2.45, 2.75) is 25.9 Å². The molecule has 0 saturated heterocycles. The van der Waals surface area contributed by atoms with Crippen LogP contribution in [0.1, 0.15) is 41.4 Å². The largest absolute Gasteiger partial charge is 0.434 e. The van der Waals surface area contributed by atoms with Crippen LogP contribution in [0.25, 0.3) is 5.69 Å². The third-order valence-corrected chi connectivity index (χ3v) is 4.44. The second-order valence-corrected chi connectivity index (χ2v) is 6.96. The minimum atomic E-state index is -4.77. The lowest BCUT2D eigenvalue weighted by Crippen LogP contribution is -2.20. The van der Waals surface area contributed by atoms with Gasteiger partial charge >= 0.3 is 6.18 Å². The van der Waals surface area contributed by atoms with E-state index in [9.17, 15) is 18.0 Å². The standard InChI is InChI=1S/C20H17ClF3N3O/c1-12(2)13-3-7-15(8-4-13)26-19(28)17-11-25-27(18(17)20(22,23)24)16-9-5-14(21)6-10-16/h3-12H,1-2H3,(H,26,28). The van der Waals surface area contributed by atoms with Crippen LogP contribution >= 0.6 is 11.6 Å². The number of nitrogens with zero attached hydrogens (tertiary/aromatic N) is 2. The maximum Gasteiger partial charge on any atom is 0.434 e. The highest BCUT2D eigenvalue weighted by atomic mass is 35.5. The van der Waals surface area contributed by atoms with Crippen LogP contribution in [0.2, 0.25) is 5.02 Å². The fraction of sp³-hybridized carbons (Fsp3) is 0.200. The topological polar surface area (TPSA) is 46.9 Å². The molecule has 0 radical (unpaired) electrons. The van der Waals surface area contributed by atoms with E-state index in [1.54, 1.807) is 12.1 Å². The van der Waals surface area contributed by atoms with Crippen molar-refractivity contribution in [1.29, 1.82) is 0 Å². The van der Waals surface area contributed by atoms with Gasteiger partial charge in [0, 0.05) is 10.7 Å². The number of halogens is 4. The number of anilines is 1. The highest BCUT2D eigenvalue weighted by Gasteiger charge is 2.40. The Morgan fingerprint density at radius 2 is 1.68 bits per heavy atom. The van der Waals surface area contributed by atoms with Crippen LogP contribution in [0.3, 0.4) is 0 Å². The van der Waals surface area contributed by atoms with Gasteiger partial charge in [0.2, 0.25) is 0 Å². The van der Waals surface area contributed by atoms with Gasteiger partial charge in [0.25, 0.3) is 5.91 Å². The van der Waals surface area contributed by atoms with Crippen molar-refractivity contribution in [1.82, 2.24) is 9.78 Å². The van der Waals surface area contributed by atoms with Gasteiger partial charge in [-0.25, -0.2) is 4.68 Å². The zero-order valence-electron chi connectivity index (χ0n) is 15.1. The lowest BCUT2D eigenvalue weighted by Gasteiger charge is -2.13. The first-order valence-electron chi connectivity index (χ1n) is 8.49. The monoisotopic (exact) mass is 407 g/mol. The average Bonchev–Trinajstić information content (AvgIpc) is 3.08. The van der Waals surface area contributed by atoms with Gasteiger partial charge in [-0.1, -0.05) is 37.6 Å². The van der Waals surface area contributed by atoms with Crippen molar-refractivity contribution in [2.75, 3.05) is 5.32 Å². The highest BCUT2D eigenvalue weighted by Crippen LogP contribution is 2.34. The first kappa shape index (κ1) is 19.9. The molecule has 0 aliphatic rings. The Balaban J connectivity index is 1.95. The Morgan fingerprint density at radius 1 is 1.07 bits per heavy atom. The molecule has 1 aromatic heterocycles. The molecule has 0 fully saturated rings. The van der Waals surface area contributed by atoms with Crippen LogP contribution in [0.15, 0.2) is 54.7 Å². The van der Waals surface area contributed by atoms with E-state index in [0.717, 1.165) is 11.8 Å². The van der Waals surface area contributed by atoms with E-state index in [1.807, 2.05) is 26.0 Å². The lowest BCUT2D eigenvalue weighted by molar-refractivity contribution is -0.143. The molecular formula is C20H17ClF3N3O. The second kappa shape index (κ2) is 7.67. The normalized spacial score (nSPS) is 11.7. The summed E-state index contributed by atoms with van der Waals surface area (Å²) in [6, 6.07) is 12.7. The fourth-order valence-electron chi connectivity index (χ4n) is 2.72. The Kier molecular flexibility index (Phi) is 5.47. The summed E-state index contributed by atoms with van der Waals surface area (Å²) in [7, 11) is 0. The SMILES string of the molecule is CC(C)c1ccc(NC(=O)c2cnn(-c3ccc(Cl)cc3)c2C(F)(F)F)cc1. The third kappa shape index (κ3) is 4.20. The summed E-state index contributed by atoms with van der Waals surface area (Å²) in [5.74, 6) is -0.580. The zero-order chi connectivity index (χ0) is 20.5. The molecule has 3 aromatic rings. The molecule has 146 valence electrons. The van der Waals surface area contributed by atoms with Gasteiger partial charge in [0.15, 0.2) is 5.69 Å². The molecule has 1 heterocycles. The molecule has 28 heavy (non-hydrogen) atoms. The molecule has 0 bridgehead atoms. The molecule has 0 aliphatic carbocycles. The number of hydrogen-bond donors (Lipinski definition) is 1. The van der Waals surface area contributed by atoms with Gasteiger partial charge in [-0.2, -0.15) is 18.3 Å². The number of alkyl halides is 3. The molecule has 0 unspecified atom stereocenters. The molecule has 0 spiro atoms. The van der Waals surface area contributed by atoms with Crippen molar-refractivity contribution in [3.63, 3.8) is 0 Å². The van der Waals surface area contributed by atoms with Crippen molar-refractivity contribution in [3.8, 4) is 5.69 Å². The predicted molar refractivity (Wildman–Crippen MR) is 102 cm³/mol. The van der Waals surface area contributed by atoms with Crippen LogP contribution in [-0.4, -0.2) is 15.7 Å². The van der Waals surface area contributed by atoms with E-state index in [4.69, 9.17) is 11.6 Å².